The number of unbranched alkanes of at least 4 members (excludes halogenated alkanes) is 2. The lowest BCUT2D eigenvalue weighted by atomic mass is 9.96. The van der Waals surface area contributed by atoms with E-state index in [2.05, 4.69) is 29.5 Å². The zero-order valence-corrected chi connectivity index (χ0v) is 18.3. The van der Waals surface area contributed by atoms with E-state index < -0.39 is 0 Å². The lowest BCUT2D eigenvalue weighted by Gasteiger charge is -2.26. The molecule has 0 aliphatic carbocycles. The SMILES string of the molecule is CCCCCN1CC=C(c2cn(NC)c3ccc(C(=O)c4ccc(F)cc4)cc23)CC1. The number of benzene rings is 2. The summed E-state index contributed by atoms with van der Waals surface area (Å²) in [5.74, 6) is -0.432. The molecule has 5 heteroatoms. The molecule has 1 aliphatic heterocycles. The van der Waals surface area contributed by atoms with Gasteiger partial charge in [-0.15, -0.1) is 0 Å². The molecule has 3 aromatic rings. The lowest BCUT2D eigenvalue weighted by molar-refractivity contribution is 0.103. The standard InChI is InChI=1S/C26H30FN3O/c1-3-4-5-14-29-15-12-19(13-16-29)24-18-30(28-2)25-11-8-21(17-23(24)25)26(31)20-6-9-22(27)10-7-20/h6-12,17-18,28H,3-5,13-16H2,1-2H3. The van der Waals surface area contributed by atoms with Gasteiger partial charge in [0.15, 0.2) is 5.78 Å². The Morgan fingerprint density at radius 1 is 1.10 bits per heavy atom. The highest BCUT2D eigenvalue weighted by Crippen LogP contribution is 2.32. The molecule has 31 heavy (non-hydrogen) atoms. The Hall–Kier alpha value is -2.92. The Morgan fingerprint density at radius 2 is 1.87 bits per heavy atom. The van der Waals surface area contributed by atoms with Gasteiger partial charge in [0.25, 0.3) is 0 Å². The average Bonchev–Trinajstić information content (AvgIpc) is 3.18. The van der Waals surface area contributed by atoms with E-state index in [1.54, 1.807) is 12.1 Å². The first-order valence-corrected chi connectivity index (χ1v) is 11.2. The van der Waals surface area contributed by atoms with E-state index in [1.165, 1.54) is 42.5 Å². The molecule has 0 saturated heterocycles. The van der Waals surface area contributed by atoms with E-state index >= 15 is 0 Å². The first-order chi connectivity index (χ1) is 15.1. The largest absolute Gasteiger partial charge is 0.329 e. The predicted octanol–water partition coefficient (Wildman–Crippen LogP) is 5.46. The van der Waals surface area contributed by atoms with Crippen LogP contribution in [0.2, 0.25) is 0 Å². The number of hydrogen-bond acceptors (Lipinski definition) is 3. The van der Waals surface area contributed by atoms with Crippen LogP contribution < -0.4 is 5.43 Å². The first-order valence-electron chi connectivity index (χ1n) is 11.2. The van der Waals surface area contributed by atoms with Gasteiger partial charge >= 0.3 is 0 Å². The van der Waals surface area contributed by atoms with Gasteiger partial charge in [-0.25, -0.2) is 4.39 Å². The quantitative estimate of drug-likeness (QED) is 0.389. The number of halogens is 1. The molecule has 2 heterocycles. The highest BCUT2D eigenvalue weighted by molar-refractivity contribution is 6.11. The zero-order chi connectivity index (χ0) is 21.8. The number of ketones is 1. The zero-order valence-electron chi connectivity index (χ0n) is 18.3. The molecule has 2 aromatic carbocycles. The summed E-state index contributed by atoms with van der Waals surface area (Å²) in [5, 5.41) is 1.06. The summed E-state index contributed by atoms with van der Waals surface area (Å²) in [6, 6.07) is 11.5. The highest BCUT2D eigenvalue weighted by atomic mass is 19.1. The fraction of sp³-hybridized carbons (Fsp3) is 0.346. The average molecular weight is 420 g/mol. The van der Waals surface area contributed by atoms with Gasteiger partial charge < -0.3 is 5.43 Å². The second-order valence-electron chi connectivity index (χ2n) is 8.19. The van der Waals surface area contributed by atoms with Gasteiger partial charge in [-0.05, 0) is 67.4 Å². The van der Waals surface area contributed by atoms with Gasteiger partial charge in [0.2, 0.25) is 0 Å². The second-order valence-corrected chi connectivity index (χ2v) is 8.19. The van der Waals surface area contributed by atoms with Gasteiger partial charge in [-0.3, -0.25) is 14.4 Å². The number of carbonyl (C=O) groups is 1. The summed E-state index contributed by atoms with van der Waals surface area (Å²) in [6.45, 7) is 5.43. The minimum absolute atomic E-state index is 0.0928. The van der Waals surface area contributed by atoms with Crippen molar-refractivity contribution in [2.75, 3.05) is 32.1 Å². The van der Waals surface area contributed by atoms with Crippen LogP contribution in [0, 0.1) is 5.82 Å². The molecule has 0 radical (unpaired) electrons. The van der Waals surface area contributed by atoms with Gasteiger partial charge in [0.1, 0.15) is 5.82 Å². The molecule has 1 N–H and O–H groups in total. The molecular formula is C26H30FN3O. The summed E-state index contributed by atoms with van der Waals surface area (Å²) in [6.07, 6.45) is 9.25. The summed E-state index contributed by atoms with van der Waals surface area (Å²) >= 11 is 0. The molecule has 1 aromatic heterocycles. The number of fused-ring (bicyclic) bond motifs is 1. The molecule has 162 valence electrons. The monoisotopic (exact) mass is 419 g/mol. The van der Waals surface area contributed by atoms with Crippen LogP contribution in [-0.4, -0.2) is 42.0 Å². The Labute approximate surface area is 183 Å². The van der Waals surface area contributed by atoms with Crippen molar-refractivity contribution >= 4 is 22.3 Å². The molecule has 0 bridgehead atoms. The van der Waals surface area contributed by atoms with Gasteiger partial charge in [0.05, 0.1) is 5.52 Å². The van der Waals surface area contributed by atoms with Crippen LogP contribution in [0.4, 0.5) is 4.39 Å². The van der Waals surface area contributed by atoms with Crippen LogP contribution in [0.25, 0.3) is 16.5 Å². The van der Waals surface area contributed by atoms with Crippen molar-refractivity contribution in [1.29, 1.82) is 0 Å². The van der Waals surface area contributed by atoms with Crippen molar-refractivity contribution in [3.05, 3.63) is 77.2 Å². The molecule has 0 amide bonds. The number of rotatable bonds is 8. The summed E-state index contributed by atoms with van der Waals surface area (Å²) in [5.41, 5.74) is 7.87. The number of carbonyl (C=O) groups excluding carboxylic acids is 1. The fourth-order valence-electron chi connectivity index (χ4n) is 4.32. The second kappa shape index (κ2) is 9.48. The minimum atomic E-state index is -0.339. The molecular weight excluding hydrogens is 389 g/mol. The van der Waals surface area contributed by atoms with Crippen molar-refractivity contribution < 1.29 is 9.18 Å². The molecule has 4 nitrogen and oxygen atoms in total. The third-order valence-corrected chi connectivity index (χ3v) is 6.13. The van der Waals surface area contributed by atoms with Crippen molar-refractivity contribution in [2.45, 2.75) is 32.6 Å². The number of aromatic nitrogens is 1. The number of nitrogens with one attached hydrogen (secondary N) is 1. The molecule has 1 aliphatic rings. The van der Waals surface area contributed by atoms with Crippen LogP contribution in [-0.2, 0) is 0 Å². The Balaban J connectivity index is 1.64. The molecule has 0 spiro atoms. The van der Waals surface area contributed by atoms with E-state index in [9.17, 15) is 9.18 Å². The lowest BCUT2D eigenvalue weighted by Crippen LogP contribution is -2.29. The van der Waals surface area contributed by atoms with Crippen molar-refractivity contribution in [1.82, 2.24) is 9.58 Å². The molecule has 0 saturated carbocycles. The van der Waals surface area contributed by atoms with E-state index in [1.807, 2.05) is 29.9 Å². The maximum Gasteiger partial charge on any atom is 0.193 e. The topological polar surface area (TPSA) is 37.3 Å². The minimum Gasteiger partial charge on any atom is -0.329 e. The highest BCUT2D eigenvalue weighted by Gasteiger charge is 2.19. The predicted molar refractivity (Wildman–Crippen MR) is 126 cm³/mol. The summed E-state index contributed by atoms with van der Waals surface area (Å²) < 4.78 is 15.3. The Kier molecular flexibility index (Phi) is 6.52. The van der Waals surface area contributed by atoms with Crippen LogP contribution in [0.15, 0.2) is 54.7 Å². The molecule has 0 fully saturated rings. The maximum absolute atomic E-state index is 13.2. The van der Waals surface area contributed by atoms with Crippen molar-refractivity contribution in [3.8, 4) is 0 Å². The number of hydrogen-bond donors (Lipinski definition) is 1. The van der Waals surface area contributed by atoms with Gasteiger partial charge in [-0.2, -0.15) is 0 Å². The molecule has 0 unspecified atom stereocenters. The third-order valence-electron chi connectivity index (χ3n) is 6.13. The van der Waals surface area contributed by atoms with Gasteiger partial charge in [0, 0.05) is 48.4 Å². The Bertz CT molecular complexity index is 1100. The van der Waals surface area contributed by atoms with E-state index in [4.69, 9.17) is 0 Å². The molecule has 4 rings (SSSR count). The fourth-order valence-corrected chi connectivity index (χ4v) is 4.32. The Morgan fingerprint density at radius 3 is 2.55 bits per heavy atom. The maximum atomic E-state index is 13.2. The molecule has 0 atom stereocenters. The van der Waals surface area contributed by atoms with Crippen molar-refractivity contribution in [2.24, 2.45) is 0 Å². The smallest absolute Gasteiger partial charge is 0.193 e. The van der Waals surface area contributed by atoms with E-state index in [-0.39, 0.29) is 11.6 Å². The van der Waals surface area contributed by atoms with Crippen LogP contribution in [0.5, 0.6) is 0 Å². The van der Waals surface area contributed by atoms with Crippen molar-refractivity contribution in [3.63, 3.8) is 0 Å². The normalized spacial score (nSPS) is 14.6. The summed E-state index contributed by atoms with van der Waals surface area (Å²) in [4.78, 5) is 15.5. The van der Waals surface area contributed by atoms with Gasteiger partial charge in [-0.1, -0.05) is 25.8 Å². The van der Waals surface area contributed by atoms with E-state index in [0.29, 0.717) is 11.1 Å². The van der Waals surface area contributed by atoms with Crippen LogP contribution >= 0.6 is 0 Å². The van der Waals surface area contributed by atoms with Crippen LogP contribution in [0.1, 0.15) is 54.1 Å². The first kappa shape index (κ1) is 21.3. The third kappa shape index (κ3) is 4.57. The van der Waals surface area contributed by atoms with Crippen LogP contribution in [0.3, 0.4) is 0 Å². The number of nitrogens with zero attached hydrogens (tertiary/aromatic N) is 2. The van der Waals surface area contributed by atoms with E-state index in [0.717, 1.165) is 37.0 Å². The summed E-state index contributed by atoms with van der Waals surface area (Å²) in [7, 11) is 1.89.